The Labute approximate surface area is 36.8 Å². The zero-order valence-electron chi connectivity index (χ0n) is 3.43. The number of amides is 1. The highest BCUT2D eigenvalue weighted by molar-refractivity contribution is 5.50. The van der Waals surface area contributed by atoms with Crippen molar-refractivity contribution < 1.29 is 4.79 Å². The summed E-state index contributed by atoms with van der Waals surface area (Å²) in [6.45, 7) is 0. The van der Waals surface area contributed by atoms with E-state index in [1.54, 1.807) is 0 Å². The number of rotatable bonds is 1. The minimum absolute atomic E-state index is 0.972. The van der Waals surface area contributed by atoms with Gasteiger partial charge in [0.05, 0.1) is 0 Å². The van der Waals surface area contributed by atoms with Crippen LogP contribution in [0.1, 0.15) is 0 Å². The molecule has 0 N–H and O–H groups in total. The molecule has 0 fully saturated rings. The first-order chi connectivity index (χ1) is 2.81. The van der Waals surface area contributed by atoms with Crippen molar-refractivity contribution in [2.75, 3.05) is 7.05 Å². The fourth-order valence-corrected chi connectivity index (χ4v) is 0.0264. The van der Waals surface area contributed by atoms with Crippen LogP contribution in [0.2, 0.25) is 0 Å². The van der Waals surface area contributed by atoms with Gasteiger partial charge in [0.25, 0.3) is 0 Å². The van der Waals surface area contributed by atoms with Crippen LogP contribution in [0, 0.1) is 12.5 Å². The number of hydrogen-bond acceptors (Lipinski definition) is 1. The van der Waals surface area contributed by atoms with Crippen molar-refractivity contribution in [3.8, 4) is 12.5 Å². The molecule has 31 valence electrons. The summed E-state index contributed by atoms with van der Waals surface area (Å²) in [5.41, 5.74) is 0. The Morgan fingerprint density at radius 1 is 1.83 bits per heavy atom. The zero-order chi connectivity index (χ0) is 4.99. The van der Waals surface area contributed by atoms with E-state index in [9.17, 15) is 4.79 Å². The molecule has 0 aromatic heterocycles. The van der Waals surface area contributed by atoms with Crippen molar-refractivity contribution in [3.63, 3.8) is 0 Å². The Bertz CT molecular complexity index is 82.0. The maximum atomic E-state index is 9.39. The van der Waals surface area contributed by atoms with Crippen molar-refractivity contribution in [3.05, 3.63) is 0 Å². The molecular formula is C4H4NO. The summed E-state index contributed by atoms with van der Waals surface area (Å²) >= 11 is 0. The Morgan fingerprint density at radius 2 is 2.33 bits per heavy atom. The first kappa shape index (κ1) is 5.03. The van der Waals surface area contributed by atoms with Gasteiger partial charge >= 0.3 is 6.41 Å². The van der Waals surface area contributed by atoms with Crippen LogP contribution in [0.15, 0.2) is 0 Å². The molecule has 0 aromatic rings. The smallest absolute Gasteiger partial charge is 0.266 e. The molecule has 0 aliphatic carbocycles. The van der Waals surface area contributed by atoms with Gasteiger partial charge in [0.2, 0.25) is 0 Å². The maximum absolute atomic E-state index is 9.39. The van der Waals surface area contributed by atoms with E-state index in [1.165, 1.54) is 13.5 Å². The predicted molar refractivity (Wildman–Crippen MR) is 22.3 cm³/mol. The molecule has 0 saturated heterocycles. The molecule has 0 saturated carbocycles. The van der Waals surface area contributed by atoms with Gasteiger partial charge in [-0.3, -0.25) is 9.69 Å². The molecule has 0 rings (SSSR count). The van der Waals surface area contributed by atoms with Crippen LogP contribution in [0.4, 0.5) is 0 Å². The minimum atomic E-state index is 0.972. The third-order valence-corrected chi connectivity index (χ3v) is 0.331. The lowest BCUT2D eigenvalue weighted by Crippen LogP contribution is -2.05. The maximum Gasteiger partial charge on any atom is 0.324 e. The van der Waals surface area contributed by atoms with Crippen LogP contribution < -0.4 is 0 Å². The highest BCUT2D eigenvalue weighted by atomic mass is 16.1. The Kier molecular flexibility index (Phi) is 1.91. The van der Waals surface area contributed by atoms with Crippen molar-refractivity contribution >= 4 is 6.41 Å². The molecule has 1 radical (unpaired) electrons. The van der Waals surface area contributed by atoms with E-state index in [0.29, 0.717) is 0 Å². The monoisotopic (exact) mass is 82.0 g/mol. The highest BCUT2D eigenvalue weighted by Crippen LogP contribution is 1.60. The summed E-state index contributed by atoms with van der Waals surface area (Å²) in [6.07, 6.45) is 6.16. The van der Waals surface area contributed by atoms with Gasteiger partial charge < -0.3 is 0 Å². The van der Waals surface area contributed by atoms with Crippen LogP contribution in [0.25, 0.3) is 0 Å². The zero-order valence-corrected chi connectivity index (χ0v) is 3.43. The van der Waals surface area contributed by atoms with Gasteiger partial charge in [-0.25, -0.2) is 0 Å². The van der Waals surface area contributed by atoms with E-state index in [-0.39, 0.29) is 0 Å². The van der Waals surface area contributed by atoms with Crippen molar-refractivity contribution in [1.29, 1.82) is 0 Å². The highest BCUT2D eigenvalue weighted by Gasteiger charge is 1.77. The van der Waals surface area contributed by atoms with Crippen LogP contribution in [-0.4, -0.2) is 18.4 Å². The third-order valence-electron chi connectivity index (χ3n) is 0.331. The topological polar surface area (TPSA) is 20.3 Å². The molecule has 0 aliphatic heterocycles. The summed E-state index contributed by atoms with van der Waals surface area (Å²) in [6, 6.07) is 2.02. The summed E-state index contributed by atoms with van der Waals surface area (Å²) in [5, 5.41) is 0. The lowest BCUT2D eigenvalue weighted by molar-refractivity contribution is 0.507. The Hall–Kier alpha value is -0.970. The number of nitrogens with zero attached hydrogens (tertiary/aromatic N) is 1. The van der Waals surface area contributed by atoms with E-state index < -0.39 is 0 Å². The fourth-order valence-electron chi connectivity index (χ4n) is 0.0264. The van der Waals surface area contributed by atoms with Gasteiger partial charge in [0.1, 0.15) is 0 Å². The van der Waals surface area contributed by atoms with Gasteiger partial charge in [-0.15, -0.1) is 0 Å². The van der Waals surface area contributed by atoms with Crippen molar-refractivity contribution in [2.24, 2.45) is 0 Å². The van der Waals surface area contributed by atoms with Gasteiger partial charge in [0.15, 0.2) is 0 Å². The quantitative estimate of drug-likeness (QED) is 0.310. The SMILES string of the molecule is C#CN(C)[C]=O. The normalized spacial score (nSPS) is 6.00. The predicted octanol–water partition coefficient (Wildman–Crippen LogP) is -0.424. The van der Waals surface area contributed by atoms with E-state index in [1.807, 2.05) is 6.04 Å². The summed E-state index contributed by atoms with van der Waals surface area (Å²) < 4.78 is 0. The van der Waals surface area contributed by atoms with Crippen molar-refractivity contribution in [1.82, 2.24) is 4.90 Å². The van der Waals surface area contributed by atoms with Gasteiger partial charge in [-0.1, -0.05) is 6.42 Å². The average molecular weight is 82.1 g/mol. The second kappa shape index (κ2) is 2.28. The molecule has 6 heavy (non-hydrogen) atoms. The standard InChI is InChI=1S/C4H4NO/c1-3-5(2)4-6/h1H,2H3. The number of terminal acetylenes is 1. The fraction of sp³-hybridized carbons (Fsp3) is 0.250. The van der Waals surface area contributed by atoms with Crippen LogP contribution in [0.5, 0.6) is 0 Å². The molecule has 0 aromatic carbocycles. The van der Waals surface area contributed by atoms with E-state index in [2.05, 4.69) is 0 Å². The first-order valence-electron chi connectivity index (χ1n) is 1.39. The third kappa shape index (κ3) is 1.36. The Balaban J connectivity index is 3.30. The van der Waals surface area contributed by atoms with Crippen LogP contribution in [0.3, 0.4) is 0 Å². The molecule has 1 amide bonds. The number of hydrogen-bond donors (Lipinski definition) is 0. The van der Waals surface area contributed by atoms with Crippen LogP contribution in [-0.2, 0) is 4.79 Å². The first-order valence-corrected chi connectivity index (χ1v) is 1.39. The molecule has 0 heterocycles. The molecule has 0 unspecified atom stereocenters. The summed E-state index contributed by atoms with van der Waals surface area (Å²) in [7, 11) is 1.45. The average Bonchev–Trinajstić information content (AvgIpc) is 1.65. The van der Waals surface area contributed by atoms with E-state index in [4.69, 9.17) is 6.42 Å². The lowest BCUT2D eigenvalue weighted by Gasteiger charge is -1.89. The molecular weight excluding hydrogens is 78.0 g/mol. The van der Waals surface area contributed by atoms with E-state index in [0.717, 1.165) is 4.90 Å². The molecule has 2 heteroatoms. The van der Waals surface area contributed by atoms with Gasteiger partial charge in [-0.05, 0) is 0 Å². The molecule has 0 bridgehead atoms. The Morgan fingerprint density at radius 3 is 2.33 bits per heavy atom. The second-order valence-corrected chi connectivity index (χ2v) is 0.779. The second-order valence-electron chi connectivity index (χ2n) is 0.779. The molecule has 0 atom stereocenters. The molecule has 0 spiro atoms. The summed E-state index contributed by atoms with van der Waals surface area (Å²) in [4.78, 5) is 10.4. The summed E-state index contributed by atoms with van der Waals surface area (Å²) in [5.74, 6) is 0. The molecule has 0 aliphatic rings. The lowest BCUT2D eigenvalue weighted by atomic mass is 10.9. The van der Waals surface area contributed by atoms with Gasteiger partial charge in [0, 0.05) is 13.1 Å². The van der Waals surface area contributed by atoms with Crippen LogP contribution >= 0.6 is 0 Å². The van der Waals surface area contributed by atoms with Crippen molar-refractivity contribution in [2.45, 2.75) is 0 Å². The number of carbonyl (C=O) groups excluding carboxylic acids is 1. The minimum Gasteiger partial charge on any atom is -0.266 e. The largest absolute Gasteiger partial charge is 0.324 e. The molecule has 2 nitrogen and oxygen atoms in total. The van der Waals surface area contributed by atoms with E-state index >= 15 is 0 Å². The van der Waals surface area contributed by atoms with Gasteiger partial charge in [-0.2, -0.15) is 0 Å².